The average molecular weight is 385 g/mol. The third-order valence-electron chi connectivity index (χ3n) is 3.68. The molecule has 1 unspecified atom stereocenters. The van der Waals surface area contributed by atoms with Crippen molar-refractivity contribution in [3.8, 4) is 11.1 Å². The van der Waals surface area contributed by atoms with E-state index in [1.807, 2.05) is 42.5 Å². The van der Waals surface area contributed by atoms with Gasteiger partial charge in [-0.1, -0.05) is 54.6 Å². The second kappa shape index (κ2) is 8.80. The summed E-state index contributed by atoms with van der Waals surface area (Å²) in [5.74, 6) is -0.414. The summed E-state index contributed by atoms with van der Waals surface area (Å²) in [4.78, 5) is 0.625. The molecule has 3 N–H and O–H groups in total. The molecule has 0 radical (unpaired) electrons. The van der Waals surface area contributed by atoms with E-state index >= 15 is 0 Å². The van der Waals surface area contributed by atoms with Gasteiger partial charge < -0.3 is 4.72 Å². The molecule has 0 aromatic heterocycles. The van der Waals surface area contributed by atoms with Crippen LogP contribution in [0.25, 0.3) is 17.2 Å². The molecule has 0 aliphatic rings. The Labute approximate surface area is 158 Å². The number of anilines is 1. The fraction of sp³-hybridized carbons (Fsp3) is 0. The van der Waals surface area contributed by atoms with Gasteiger partial charge in [0.25, 0.3) is 0 Å². The van der Waals surface area contributed by atoms with Gasteiger partial charge in [0.15, 0.2) is 0 Å². The Kier molecular flexibility index (Phi) is 6.22. The molecule has 6 heteroatoms. The van der Waals surface area contributed by atoms with Gasteiger partial charge >= 0.3 is 0 Å². The quantitative estimate of drug-likeness (QED) is 0.574. The molecule has 0 saturated carbocycles. The van der Waals surface area contributed by atoms with Gasteiger partial charge in [-0.15, -0.1) is 0 Å². The predicted octanol–water partition coefficient (Wildman–Crippen LogP) is 5.21. The van der Waals surface area contributed by atoms with E-state index in [-0.39, 0.29) is 0 Å². The Hall–Kier alpha value is -2.41. The standard InChI is InChI=1S/C20H17FN2OS2/c21-18-10-11-20(25-22)19(14-18)23-26(24)13-12-15-6-8-17(9-7-15)16-4-2-1-3-5-16/h1-14,23H,22H2/b13-12+. The Balaban J connectivity index is 1.68. The molecule has 0 aliphatic heterocycles. The maximum atomic E-state index is 13.4. The molecule has 3 aromatic carbocycles. The molecule has 0 bridgehead atoms. The average Bonchev–Trinajstić information content (AvgIpc) is 2.68. The molecule has 0 amide bonds. The van der Waals surface area contributed by atoms with E-state index in [1.165, 1.54) is 17.5 Å². The van der Waals surface area contributed by atoms with Crippen LogP contribution in [0.15, 0.2) is 83.1 Å². The van der Waals surface area contributed by atoms with Crippen LogP contribution >= 0.6 is 11.9 Å². The Morgan fingerprint density at radius 3 is 2.35 bits per heavy atom. The summed E-state index contributed by atoms with van der Waals surface area (Å²) in [6.45, 7) is 0. The zero-order valence-electron chi connectivity index (χ0n) is 13.8. The smallest absolute Gasteiger partial charge is 0.142 e. The SMILES string of the molecule is NSc1ccc(F)cc1NS(=O)/C=C/c1ccc(-c2ccccc2)cc1. The van der Waals surface area contributed by atoms with Crippen molar-refractivity contribution in [2.45, 2.75) is 4.90 Å². The van der Waals surface area contributed by atoms with Crippen LogP contribution in [-0.4, -0.2) is 4.21 Å². The fourth-order valence-corrected chi connectivity index (χ4v) is 3.57. The van der Waals surface area contributed by atoms with Gasteiger partial charge in [0.05, 0.1) is 5.69 Å². The van der Waals surface area contributed by atoms with Crippen LogP contribution < -0.4 is 9.86 Å². The van der Waals surface area contributed by atoms with Crippen LogP contribution in [0.3, 0.4) is 0 Å². The summed E-state index contributed by atoms with van der Waals surface area (Å²) < 4.78 is 28.3. The van der Waals surface area contributed by atoms with Crippen molar-refractivity contribution in [3.05, 3.63) is 89.6 Å². The number of nitrogens with one attached hydrogen (secondary N) is 1. The molecule has 0 aliphatic carbocycles. The molecule has 0 heterocycles. The predicted molar refractivity (Wildman–Crippen MR) is 109 cm³/mol. The van der Waals surface area contributed by atoms with Crippen LogP contribution in [0.5, 0.6) is 0 Å². The van der Waals surface area contributed by atoms with Crippen LogP contribution in [0, 0.1) is 5.82 Å². The fourth-order valence-electron chi connectivity index (χ4n) is 2.38. The first kappa shape index (κ1) is 18.4. The van der Waals surface area contributed by atoms with E-state index in [4.69, 9.17) is 5.14 Å². The number of hydrogen-bond donors (Lipinski definition) is 2. The Morgan fingerprint density at radius 1 is 0.962 bits per heavy atom. The molecule has 0 saturated heterocycles. The van der Waals surface area contributed by atoms with E-state index < -0.39 is 16.8 Å². The molecular weight excluding hydrogens is 367 g/mol. The summed E-state index contributed by atoms with van der Waals surface area (Å²) in [5, 5.41) is 7.06. The van der Waals surface area contributed by atoms with Gasteiger partial charge in [0, 0.05) is 10.3 Å². The second-order valence-electron chi connectivity index (χ2n) is 5.45. The van der Waals surface area contributed by atoms with Gasteiger partial charge in [-0.05, 0) is 52.9 Å². The third-order valence-corrected chi connectivity index (χ3v) is 5.10. The summed E-state index contributed by atoms with van der Waals surface area (Å²) >= 11 is 0.972. The Bertz CT molecular complexity index is 928. The van der Waals surface area contributed by atoms with Crippen molar-refractivity contribution in [2.24, 2.45) is 5.14 Å². The lowest BCUT2D eigenvalue weighted by Crippen LogP contribution is -2.03. The van der Waals surface area contributed by atoms with Crippen molar-refractivity contribution < 1.29 is 8.60 Å². The van der Waals surface area contributed by atoms with Gasteiger partial charge in [-0.25, -0.2) is 8.60 Å². The highest BCUT2D eigenvalue weighted by atomic mass is 32.2. The van der Waals surface area contributed by atoms with Crippen molar-refractivity contribution in [1.29, 1.82) is 0 Å². The zero-order valence-corrected chi connectivity index (χ0v) is 15.4. The summed E-state index contributed by atoms with van der Waals surface area (Å²) in [6.07, 6.45) is 1.76. The minimum atomic E-state index is -1.50. The first-order valence-electron chi connectivity index (χ1n) is 7.83. The largest absolute Gasteiger partial charge is 0.300 e. The van der Waals surface area contributed by atoms with Crippen molar-refractivity contribution in [3.63, 3.8) is 0 Å². The van der Waals surface area contributed by atoms with Crippen molar-refractivity contribution in [1.82, 2.24) is 0 Å². The van der Waals surface area contributed by atoms with Gasteiger partial charge in [-0.3, -0.25) is 5.14 Å². The minimum Gasteiger partial charge on any atom is -0.300 e. The monoisotopic (exact) mass is 384 g/mol. The molecule has 3 nitrogen and oxygen atoms in total. The van der Waals surface area contributed by atoms with Crippen LogP contribution in [-0.2, 0) is 11.0 Å². The van der Waals surface area contributed by atoms with E-state index in [2.05, 4.69) is 16.9 Å². The van der Waals surface area contributed by atoms with Crippen molar-refractivity contribution in [2.75, 3.05) is 4.72 Å². The highest BCUT2D eigenvalue weighted by Crippen LogP contribution is 2.25. The first-order valence-corrected chi connectivity index (χ1v) is 9.92. The second-order valence-corrected chi connectivity index (χ2v) is 7.20. The lowest BCUT2D eigenvalue weighted by atomic mass is 10.0. The van der Waals surface area contributed by atoms with E-state index in [0.29, 0.717) is 10.6 Å². The third kappa shape index (κ3) is 4.82. The maximum Gasteiger partial charge on any atom is 0.142 e. The van der Waals surface area contributed by atoms with Crippen molar-refractivity contribution >= 4 is 34.7 Å². The van der Waals surface area contributed by atoms with Gasteiger partial charge in [0.1, 0.15) is 16.8 Å². The molecular formula is C20H17FN2OS2. The highest BCUT2D eigenvalue weighted by molar-refractivity contribution is 7.97. The zero-order chi connectivity index (χ0) is 18.4. The molecule has 3 rings (SSSR count). The number of nitrogens with two attached hydrogens (primary N) is 1. The summed E-state index contributed by atoms with van der Waals surface area (Å²) in [7, 11) is -1.50. The molecule has 0 spiro atoms. The first-order chi connectivity index (χ1) is 12.7. The lowest BCUT2D eigenvalue weighted by molar-refractivity contribution is 0.627. The molecule has 0 fully saturated rings. The number of benzene rings is 3. The number of halogens is 1. The molecule has 3 aromatic rings. The highest BCUT2D eigenvalue weighted by Gasteiger charge is 2.05. The lowest BCUT2D eigenvalue weighted by Gasteiger charge is -2.07. The van der Waals surface area contributed by atoms with Gasteiger partial charge in [-0.2, -0.15) is 0 Å². The van der Waals surface area contributed by atoms with Crippen LogP contribution in [0.1, 0.15) is 5.56 Å². The minimum absolute atomic E-state index is 0.403. The molecule has 132 valence electrons. The number of hydrogen-bond acceptors (Lipinski definition) is 3. The van der Waals surface area contributed by atoms with E-state index in [0.717, 1.165) is 28.6 Å². The Morgan fingerprint density at radius 2 is 1.65 bits per heavy atom. The van der Waals surface area contributed by atoms with Crippen LogP contribution in [0.2, 0.25) is 0 Å². The van der Waals surface area contributed by atoms with Gasteiger partial charge in [0.2, 0.25) is 0 Å². The molecule has 26 heavy (non-hydrogen) atoms. The maximum absolute atomic E-state index is 13.4. The number of rotatable bonds is 6. The summed E-state index contributed by atoms with van der Waals surface area (Å²) in [6, 6.07) is 22.2. The topological polar surface area (TPSA) is 55.1 Å². The summed E-state index contributed by atoms with van der Waals surface area (Å²) in [5.41, 5.74) is 3.59. The van der Waals surface area contributed by atoms with E-state index in [9.17, 15) is 8.60 Å². The van der Waals surface area contributed by atoms with E-state index in [1.54, 1.807) is 12.1 Å². The normalized spacial score (nSPS) is 12.2. The molecule has 1 atom stereocenters. The van der Waals surface area contributed by atoms with Crippen LogP contribution in [0.4, 0.5) is 10.1 Å².